The lowest BCUT2D eigenvalue weighted by atomic mass is 10.1. The highest BCUT2D eigenvalue weighted by Crippen LogP contribution is 2.29. The number of carboxylic acid groups (broad SMARTS) is 1. The molecule has 0 radical (unpaired) electrons. The summed E-state index contributed by atoms with van der Waals surface area (Å²) in [5.74, 6) is -4.32. The van der Waals surface area contributed by atoms with Crippen molar-refractivity contribution >= 4 is 22.8 Å². The maximum Gasteiger partial charge on any atom is 0.341 e. The van der Waals surface area contributed by atoms with Crippen molar-refractivity contribution in [2.45, 2.75) is 12.5 Å². The third kappa shape index (κ3) is 3.49. The third-order valence-corrected chi connectivity index (χ3v) is 5.59. The van der Waals surface area contributed by atoms with E-state index < -0.39 is 34.4 Å². The van der Waals surface area contributed by atoms with Gasteiger partial charge in [-0.3, -0.25) is 9.36 Å². The summed E-state index contributed by atoms with van der Waals surface area (Å²) in [6.45, 7) is 0.795. The molecule has 1 fully saturated rings. The summed E-state index contributed by atoms with van der Waals surface area (Å²) < 4.78 is 45.8. The topological polar surface area (TPSA) is 106 Å². The number of rotatable bonds is 4. The largest absolute Gasteiger partial charge is 0.477 e. The van der Waals surface area contributed by atoms with Crippen molar-refractivity contribution in [1.82, 2.24) is 24.5 Å². The smallest absolute Gasteiger partial charge is 0.341 e. The fourth-order valence-electron chi connectivity index (χ4n) is 4.01. The molecule has 1 saturated heterocycles. The first kappa shape index (κ1) is 20.7. The molecule has 1 aliphatic rings. The molecule has 3 aromatic heterocycles. The Labute approximate surface area is 183 Å². The lowest BCUT2D eigenvalue weighted by Crippen LogP contribution is -2.25. The van der Waals surface area contributed by atoms with Gasteiger partial charge in [-0.1, -0.05) is 5.21 Å². The van der Waals surface area contributed by atoms with Crippen LogP contribution >= 0.6 is 0 Å². The summed E-state index contributed by atoms with van der Waals surface area (Å²) in [5.41, 5.74) is -2.06. The van der Waals surface area contributed by atoms with Crippen LogP contribution in [0, 0.1) is 17.5 Å². The van der Waals surface area contributed by atoms with Gasteiger partial charge in [0.05, 0.1) is 23.3 Å². The molecule has 1 unspecified atom stereocenters. The van der Waals surface area contributed by atoms with Gasteiger partial charge >= 0.3 is 5.97 Å². The second kappa shape index (κ2) is 7.73. The number of hydrogen-bond donors (Lipinski definition) is 1. The highest BCUT2D eigenvalue weighted by molar-refractivity contribution is 5.92. The molecule has 5 rings (SSSR count). The van der Waals surface area contributed by atoms with Crippen molar-refractivity contribution in [3.63, 3.8) is 0 Å². The van der Waals surface area contributed by atoms with E-state index in [9.17, 15) is 23.5 Å². The predicted molar refractivity (Wildman–Crippen MR) is 110 cm³/mol. The average molecular weight is 456 g/mol. The monoisotopic (exact) mass is 456 g/mol. The molecule has 1 N–H and O–H groups in total. The Kier molecular flexibility index (Phi) is 4.84. The minimum atomic E-state index is -1.57. The van der Waals surface area contributed by atoms with Gasteiger partial charge in [0.25, 0.3) is 0 Å². The highest BCUT2D eigenvalue weighted by Gasteiger charge is 2.29. The van der Waals surface area contributed by atoms with E-state index in [0.717, 1.165) is 29.0 Å². The fraction of sp³-hybridized carbons (Fsp3) is 0.190. The van der Waals surface area contributed by atoms with E-state index in [2.05, 4.69) is 15.3 Å². The number of carboxylic acids is 1. The number of anilines is 1. The normalized spacial score (nSPS) is 16.0. The maximum atomic E-state index is 15.1. The van der Waals surface area contributed by atoms with Crippen molar-refractivity contribution in [3.05, 3.63) is 76.1 Å². The molecule has 0 spiro atoms. The van der Waals surface area contributed by atoms with E-state index >= 15 is 4.39 Å². The van der Waals surface area contributed by atoms with Crippen LogP contribution in [0.15, 0.2) is 47.7 Å². The Morgan fingerprint density at radius 1 is 1.15 bits per heavy atom. The van der Waals surface area contributed by atoms with Gasteiger partial charge in [-0.25, -0.2) is 27.6 Å². The van der Waals surface area contributed by atoms with Crippen LogP contribution in [-0.2, 0) is 0 Å². The van der Waals surface area contributed by atoms with E-state index in [4.69, 9.17) is 0 Å². The standard InChI is InChI=1S/C21H15F3N6O3/c22-11-1-2-17(15(23)7-11)29-10-14(21(32)33)18(31)13-8-16(24)20(26-19(13)29)28-5-3-12(9-28)30-6-4-25-27-30/h1-2,4,6-8,10,12H,3,5,9H2,(H,32,33). The van der Waals surface area contributed by atoms with Gasteiger partial charge in [-0.15, -0.1) is 5.10 Å². The number of pyridine rings is 2. The summed E-state index contributed by atoms with van der Waals surface area (Å²) in [5, 5.41) is 16.8. The maximum absolute atomic E-state index is 15.1. The van der Waals surface area contributed by atoms with Gasteiger partial charge in [-0.2, -0.15) is 0 Å². The first-order chi connectivity index (χ1) is 15.8. The predicted octanol–water partition coefficient (Wildman–Crippen LogP) is 2.54. The number of fused-ring (bicyclic) bond motifs is 1. The quantitative estimate of drug-likeness (QED) is 0.503. The molecular formula is C21H15F3N6O3. The van der Waals surface area contributed by atoms with E-state index in [1.54, 1.807) is 15.8 Å². The number of halogens is 3. The summed E-state index contributed by atoms with van der Waals surface area (Å²) in [7, 11) is 0. The number of hydrogen-bond acceptors (Lipinski definition) is 6. The molecule has 0 amide bonds. The van der Waals surface area contributed by atoms with Crippen LogP contribution in [0.1, 0.15) is 22.8 Å². The minimum absolute atomic E-state index is 0.0736. The van der Waals surface area contributed by atoms with Crippen LogP contribution in [-0.4, -0.2) is 48.7 Å². The molecule has 0 aliphatic carbocycles. The SMILES string of the molecule is O=C(O)c1cn(-c2ccc(F)cc2F)c2nc(N3CCC(n4ccnn4)C3)c(F)cc2c1=O. The van der Waals surface area contributed by atoms with Crippen LogP contribution in [0.2, 0.25) is 0 Å². The lowest BCUT2D eigenvalue weighted by Gasteiger charge is -2.20. The lowest BCUT2D eigenvalue weighted by molar-refractivity contribution is 0.0695. The van der Waals surface area contributed by atoms with Gasteiger partial charge in [-0.05, 0) is 24.6 Å². The first-order valence-electron chi connectivity index (χ1n) is 9.89. The average Bonchev–Trinajstić information content (AvgIpc) is 3.46. The first-order valence-corrected chi connectivity index (χ1v) is 9.89. The van der Waals surface area contributed by atoms with Crippen molar-refractivity contribution in [2.24, 2.45) is 0 Å². The number of aromatic nitrogens is 5. The Balaban J connectivity index is 1.70. The molecule has 4 aromatic rings. The zero-order chi connectivity index (χ0) is 23.3. The fourth-order valence-corrected chi connectivity index (χ4v) is 4.01. The molecule has 9 nitrogen and oxygen atoms in total. The van der Waals surface area contributed by atoms with Crippen molar-refractivity contribution in [3.8, 4) is 5.69 Å². The molecule has 1 aromatic carbocycles. The van der Waals surface area contributed by atoms with Crippen LogP contribution in [0.3, 0.4) is 0 Å². The van der Waals surface area contributed by atoms with Crippen LogP contribution in [0.25, 0.3) is 16.7 Å². The van der Waals surface area contributed by atoms with E-state index in [1.807, 2.05) is 0 Å². The molecule has 12 heteroatoms. The molecule has 0 bridgehead atoms. The summed E-state index contributed by atoms with van der Waals surface area (Å²) in [6, 6.07) is 3.51. The molecule has 4 heterocycles. The Morgan fingerprint density at radius 3 is 2.67 bits per heavy atom. The zero-order valence-corrected chi connectivity index (χ0v) is 16.8. The summed E-state index contributed by atoms with van der Waals surface area (Å²) in [4.78, 5) is 30.2. The number of aromatic carboxylic acids is 1. The molecule has 1 atom stereocenters. The van der Waals surface area contributed by atoms with E-state index in [1.165, 1.54) is 6.20 Å². The Morgan fingerprint density at radius 2 is 1.97 bits per heavy atom. The van der Waals surface area contributed by atoms with Gasteiger partial charge in [0.2, 0.25) is 5.43 Å². The Bertz CT molecular complexity index is 1450. The van der Waals surface area contributed by atoms with Gasteiger partial charge < -0.3 is 10.0 Å². The van der Waals surface area contributed by atoms with Crippen LogP contribution in [0.4, 0.5) is 19.0 Å². The van der Waals surface area contributed by atoms with E-state index in [0.29, 0.717) is 25.6 Å². The summed E-state index contributed by atoms with van der Waals surface area (Å²) >= 11 is 0. The van der Waals surface area contributed by atoms with Crippen molar-refractivity contribution in [2.75, 3.05) is 18.0 Å². The third-order valence-electron chi connectivity index (χ3n) is 5.59. The molecule has 33 heavy (non-hydrogen) atoms. The minimum Gasteiger partial charge on any atom is -0.477 e. The van der Waals surface area contributed by atoms with Crippen LogP contribution in [0.5, 0.6) is 0 Å². The second-order valence-electron chi connectivity index (χ2n) is 7.58. The molecule has 168 valence electrons. The van der Waals surface area contributed by atoms with Gasteiger partial charge in [0.1, 0.15) is 17.2 Å². The van der Waals surface area contributed by atoms with Crippen LogP contribution < -0.4 is 10.3 Å². The number of nitrogens with zero attached hydrogens (tertiary/aromatic N) is 6. The number of carbonyl (C=O) groups is 1. The summed E-state index contributed by atoms with van der Waals surface area (Å²) in [6.07, 6.45) is 4.77. The van der Waals surface area contributed by atoms with Gasteiger partial charge in [0.15, 0.2) is 17.3 Å². The molecule has 1 aliphatic heterocycles. The second-order valence-corrected chi connectivity index (χ2v) is 7.58. The van der Waals surface area contributed by atoms with Crippen molar-refractivity contribution in [1.29, 1.82) is 0 Å². The highest BCUT2D eigenvalue weighted by atomic mass is 19.1. The molecular weight excluding hydrogens is 441 g/mol. The van der Waals surface area contributed by atoms with Gasteiger partial charge in [0, 0.05) is 31.5 Å². The molecule has 0 saturated carbocycles. The van der Waals surface area contributed by atoms with E-state index in [-0.39, 0.29) is 28.6 Å². The zero-order valence-electron chi connectivity index (χ0n) is 16.8. The van der Waals surface area contributed by atoms with Crippen molar-refractivity contribution < 1.29 is 23.1 Å². The Hall–Kier alpha value is -4.22. The number of benzene rings is 1.